The maximum atomic E-state index is 13.6. The summed E-state index contributed by atoms with van der Waals surface area (Å²) < 4.78 is 17.0. The minimum absolute atomic E-state index is 0.0173. The third kappa shape index (κ3) is 7.03. The number of ketones is 6. The lowest BCUT2D eigenvalue weighted by atomic mass is 9.46. The molecule has 9 rings (SSSR count). The molecular formula is C48H57NO16. The molecule has 0 unspecified atom stereocenters. The molecule has 12 atom stereocenters. The van der Waals surface area contributed by atoms with Crippen LogP contribution in [0.1, 0.15) is 128 Å². The number of aromatic hydroxyl groups is 2. The number of carbonyl (C=O) groups is 6. The Balaban J connectivity index is 0.000000192. The van der Waals surface area contributed by atoms with Gasteiger partial charge in [0.2, 0.25) is 5.78 Å². The van der Waals surface area contributed by atoms with Gasteiger partial charge in [0.15, 0.2) is 29.4 Å². The molecule has 3 saturated carbocycles. The minimum Gasteiger partial charge on any atom is -0.507 e. The third-order valence-electron chi connectivity index (χ3n) is 16.2. The molecule has 1 aliphatic heterocycles. The number of allylic oxidation sites excluding steroid dienone is 1. The van der Waals surface area contributed by atoms with Gasteiger partial charge in [0, 0.05) is 66.2 Å². The molecule has 1 saturated heterocycles. The second kappa shape index (κ2) is 16.6. The molecule has 7 aliphatic rings. The maximum absolute atomic E-state index is 13.6. The first-order chi connectivity index (χ1) is 30.6. The Kier molecular flexibility index (Phi) is 11.9. The average Bonchev–Trinajstić information content (AvgIpc) is 3.54. The van der Waals surface area contributed by atoms with Crippen molar-refractivity contribution in [3.05, 3.63) is 63.2 Å². The fourth-order valence-corrected chi connectivity index (χ4v) is 12.7. The van der Waals surface area contributed by atoms with Gasteiger partial charge in [0.05, 0.1) is 42.1 Å². The summed E-state index contributed by atoms with van der Waals surface area (Å²) in [6.07, 6.45) is 0.702. The van der Waals surface area contributed by atoms with E-state index in [0.717, 1.165) is 18.4 Å². The first-order valence-electron chi connectivity index (χ1n) is 22.2. The van der Waals surface area contributed by atoms with Gasteiger partial charge in [0.1, 0.15) is 47.4 Å². The van der Waals surface area contributed by atoms with Crippen molar-refractivity contribution in [2.45, 2.75) is 127 Å². The molecule has 0 radical (unpaired) electrons. The van der Waals surface area contributed by atoms with Crippen LogP contribution in [0.2, 0.25) is 0 Å². The molecule has 6 aliphatic carbocycles. The fourth-order valence-electron chi connectivity index (χ4n) is 12.7. The highest BCUT2D eigenvalue weighted by Gasteiger charge is 2.68. The van der Waals surface area contributed by atoms with E-state index < -0.39 is 119 Å². The van der Waals surface area contributed by atoms with Gasteiger partial charge in [-0.2, -0.15) is 0 Å². The monoisotopic (exact) mass is 903 g/mol. The van der Waals surface area contributed by atoms with Crippen LogP contribution in [0.15, 0.2) is 29.8 Å². The Morgan fingerprint density at radius 3 is 2.26 bits per heavy atom. The van der Waals surface area contributed by atoms with Gasteiger partial charge in [-0.15, -0.1) is 0 Å². The molecule has 4 fully saturated rings. The predicted molar refractivity (Wildman–Crippen MR) is 226 cm³/mol. The summed E-state index contributed by atoms with van der Waals surface area (Å²) in [5.74, 6) is -3.95. The van der Waals surface area contributed by atoms with Crippen molar-refractivity contribution in [2.24, 2.45) is 34.3 Å². The van der Waals surface area contributed by atoms with E-state index in [1.165, 1.54) is 25.3 Å². The van der Waals surface area contributed by atoms with Crippen LogP contribution < -0.4 is 10.5 Å². The Bertz CT molecular complexity index is 2420. The van der Waals surface area contributed by atoms with Gasteiger partial charge in [-0.05, 0) is 68.4 Å². The number of hydrogen-bond donors (Lipinski definition) is 8. The standard InChI is InChI=1S/C27H29NO11.C21H28O5/c1-10-22(31)13(28)6-17(38-10)39-15-8-27(36,16(30)9-29)7-12-19(15)26(35)21-20(24(12)33)23(32)11-4-3-5-14(37-2)18(11)25(21)34;1-19-7-5-13(23)9-12(19)3-4-14-15-6-8-21(26,17(25)11-22)20(15,2)10-16(24)18(14)19/h3-5,10,13,15,17,22,29,31,33,35-36H,6-9,28H2,1-2H3;9,14-15,18,22,26H,3-8,10-11H2,1-2H3/t10-,13-,15-,17-,22-,27-;14-,15-,18+,19-,20-,21-/m00/s1. The lowest BCUT2D eigenvalue weighted by Gasteiger charge is -2.57. The predicted octanol–water partition coefficient (Wildman–Crippen LogP) is 1.99. The highest BCUT2D eigenvalue weighted by Crippen LogP contribution is 2.66. The summed E-state index contributed by atoms with van der Waals surface area (Å²) in [5.41, 5.74) is 0.821. The van der Waals surface area contributed by atoms with Crippen LogP contribution in [-0.4, -0.2) is 127 Å². The number of Topliss-reactive ketones (excluding diaryl/α,β-unsaturated/α-hetero) is 3. The number of phenols is 2. The van der Waals surface area contributed by atoms with Crippen LogP contribution in [0.3, 0.4) is 0 Å². The molecule has 0 bridgehead atoms. The van der Waals surface area contributed by atoms with Gasteiger partial charge in [-0.1, -0.05) is 31.6 Å². The number of hydrogen-bond acceptors (Lipinski definition) is 17. The van der Waals surface area contributed by atoms with Crippen LogP contribution in [0.5, 0.6) is 17.2 Å². The Labute approximate surface area is 374 Å². The number of carbonyl (C=O) groups excluding carboxylic acids is 6. The summed E-state index contributed by atoms with van der Waals surface area (Å²) in [4.78, 5) is 77.3. The molecule has 2 aromatic carbocycles. The van der Waals surface area contributed by atoms with E-state index in [1.807, 2.05) is 6.92 Å². The number of fused-ring (bicyclic) bond motifs is 8. The number of rotatable bonds is 7. The van der Waals surface area contributed by atoms with Gasteiger partial charge in [-0.3, -0.25) is 28.8 Å². The zero-order chi connectivity index (χ0) is 47.3. The molecule has 65 heavy (non-hydrogen) atoms. The van der Waals surface area contributed by atoms with E-state index >= 15 is 0 Å². The van der Waals surface area contributed by atoms with E-state index in [-0.39, 0.29) is 75.6 Å². The first-order valence-corrected chi connectivity index (χ1v) is 22.2. The van der Waals surface area contributed by atoms with Crippen LogP contribution >= 0.6 is 0 Å². The number of benzene rings is 2. The van der Waals surface area contributed by atoms with Crippen LogP contribution in [-0.2, 0) is 35.1 Å². The highest BCUT2D eigenvalue weighted by atomic mass is 16.7. The summed E-state index contributed by atoms with van der Waals surface area (Å²) in [6.45, 7) is 3.87. The van der Waals surface area contributed by atoms with E-state index in [1.54, 1.807) is 13.0 Å². The van der Waals surface area contributed by atoms with E-state index in [4.69, 9.17) is 19.9 Å². The van der Waals surface area contributed by atoms with Crippen molar-refractivity contribution in [2.75, 3.05) is 20.3 Å². The lowest BCUT2D eigenvalue weighted by Crippen LogP contribution is -2.60. The third-order valence-corrected chi connectivity index (χ3v) is 16.2. The van der Waals surface area contributed by atoms with Crippen LogP contribution in [0, 0.1) is 28.6 Å². The molecule has 9 N–H and O–H groups in total. The summed E-state index contributed by atoms with van der Waals surface area (Å²) >= 11 is 0. The van der Waals surface area contributed by atoms with Gasteiger partial charge >= 0.3 is 0 Å². The van der Waals surface area contributed by atoms with Crippen molar-refractivity contribution in [1.29, 1.82) is 0 Å². The number of methoxy groups -OCH3 is 1. The SMILES string of the molecule is COc1cccc2c1C(=O)c1c(O)c3c(c(O)c1C2=O)C[C@@](O)(C(=O)CO)C[C@@H]3O[C@H]1C[C@H](N)[C@@H](O)[C@H](C)O1.C[C@]12CCC(=O)C=C1CC[C@@H]1[C@@H]2C(=O)C[C@@]2(C)[C@H]1CC[C@]2(O)C(=O)CO. The summed E-state index contributed by atoms with van der Waals surface area (Å²) in [6, 6.07) is 3.64. The molecular weight excluding hydrogens is 847 g/mol. The lowest BCUT2D eigenvalue weighted by molar-refractivity contribution is -0.247. The van der Waals surface area contributed by atoms with Crippen LogP contribution in [0.4, 0.5) is 0 Å². The first kappa shape index (κ1) is 46.8. The highest BCUT2D eigenvalue weighted by molar-refractivity contribution is 6.31. The van der Waals surface area contributed by atoms with Gasteiger partial charge < -0.3 is 55.7 Å². The minimum atomic E-state index is -2.24. The van der Waals surface area contributed by atoms with Crippen molar-refractivity contribution < 1.29 is 78.7 Å². The fraction of sp³-hybridized carbons (Fsp3) is 0.583. The molecule has 17 nitrogen and oxygen atoms in total. The largest absolute Gasteiger partial charge is 0.507 e. The quantitative estimate of drug-likeness (QED) is 0.157. The van der Waals surface area contributed by atoms with E-state index in [9.17, 15) is 64.5 Å². The van der Waals surface area contributed by atoms with Gasteiger partial charge in [-0.25, -0.2) is 0 Å². The zero-order valence-electron chi connectivity index (χ0n) is 36.8. The summed E-state index contributed by atoms with van der Waals surface area (Å²) in [7, 11) is 1.32. The molecule has 17 heteroatoms. The van der Waals surface area contributed by atoms with Crippen molar-refractivity contribution >= 4 is 34.7 Å². The topological polar surface area (TPSA) is 298 Å². The molecule has 0 aromatic heterocycles. The molecule has 350 valence electrons. The average molecular weight is 904 g/mol. The smallest absolute Gasteiger partial charge is 0.202 e. The number of aliphatic hydroxyl groups excluding tert-OH is 3. The van der Waals surface area contributed by atoms with Crippen molar-refractivity contribution in [1.82, 2.24) is 0 Å². The number of aliphatic hydroxyl groups is 5. The maximum Gasteiger partial charge on any atom is 0.202 e. The zero-order valence-corrected chi connectivity index (χ0v) is 36.8. The van der Waals surface area contributed by atoms with Crippen molar-refractivity contribution in [3.63, 3.8) is 0 Å². The molecule has 0 amide bonds. The van der Waals surface area contributed by atoms with E-state index in [0.29, 0.717) is 25.7 Å². The normalized spacial score (nSPS) is 37.0. The molecule has 2 aromatic rings. The Morgan fingerprint density at radius 1 is 0.908 bits per heavy atom. The number of phenolic OH excluding ortho intramolecular Hbond substituents is 2. The van der Waals surface area contributed by atoms with Crippen LogP contribution in [0.25, 0.3) is 0 Å². The van der Waals surface area contributed by atoms with E-state index in [2.05, 4.69) is 6.92 Å². The Hall–Kier alpha value is -4.72. The Morgan fingerprint density at radius 2 is 1.60 bits per heavy atom. The number of ether oxygens (including phenoxy) is 3. The molecule has 1 heterocycles. The van der Waals surface area contributed by atoms with Gasteiger partial charge in [0.25, 0.3) is 0 Å². The van der Waals surface area contributed by atoms with Crippen molar-refractivity contribution in [3.8, 4) is 17.2 Å². The summed E-state index contributed by atoms with van der Waals surface area (Å²) in [5, 5.41) is 74.2. The number of nitrogens with two attached hydrogens (primary N) is 1. The second-order valence-electron chi connectivity index (χ2n) is 19.5. The second-order valence-corrected chi connectivity index (χ2v) is 19.5. The molecule has 0 spiro atoms.